The Hall–Kier alpha value is -1.94. The third-order valence-electron chi connectivity index (χ3n) is 2.68. The van der Waals surface area contributed by atoms with Crippen molar-refractivity contribution in [2.45, 2.75) is 13.0 Å². The van der Waals surface area contributed by atoms with Crippen LogP contribution >= 0.6 is 0 Å². The topological polar surface area (TPSA) is 42.4 Å². The minimum absolute atomic E-state index is 0.371. The number of halogens is 1. The van der Waals surface area contributed by atoms with Crippen LogP contribution in [0.15, 0.2) is 36.4 Å². The summed E-state index contributed by atoms with van der Waals surface area (Å²) in [6.45, 7) is 1.83. The smallest absolute Gasteiger partial charge is 0.125 e. The van der Waals surface area contributed by atoms with Gasteiger partial charge in [-0.2, -0.15) is 0 Å². The third-order valence-corrected chi connectivity index (χ3v) is 2.68. The number of rotatable bonds is 3. The molecule has 0 saturated carbocycles. The molecule has 0 radical (unpaired) electrons. The van der Waals surface area contributed by atoms with Gasteiger partial charge in [0.2, 0.25) is 0 Å². The van der Waals surface area contributed by atoms with Crippen LogP contribution in [-0.2, 0) is 0 Å². The fourth-order valence-corrected chi connectivity index (χ4v) is 1.79. The molecule has 0 saturated heterocycles. The molecule has 1 N–H and O–H groups in total. The molecule has 0 amide bonds. The summed E-state index contributed by atoms with van der Waals surface area (Å²) in [6.07, 6.45) is -1.00. The Morgan fingerprint density at radius 3 is 2.72 bits per heavy atom. The van der Waals surface area contributed by atoms with Gasteiger partial charge in [0.1, 0.15) is 17.7 Å². The van der Waals surface area contributed by atoms with E-state index in [1.54, 1.807) is 12.1 Å². The second-order valence-electron chi connectivity index (χ2n) is 3.99. The lowest BCUT2D eigenvalue weighted by Gasteiger charge is -2.14. The van der Waals surface area contributed by atoms with Crippen molar-refractivity contribution in [3.05, 3.63) is 59.2 Å². The quantitative estimate of drug-likeness (QED) is 0.906. The van der Waals surface area contributed by atoms with Crippen LogP contribution in [0.4, 0.5) is 4.39 Å². The van der Waals surface area contributed by atoms with Crippen molar-refractivity contribution in [2.75, 3.05) is 7.11 Å². The van der Waals surface area contributed by atoms with E-state index in [9.17, 15) is 9.50 Å². The molecule has 0 aliphatic heterocycles. The molecule has 2 aromatic rings. The Bertz CT molecular complexity index is 557. The molecule has 94 valence electrons. The highest BCUT2D eigenvalue weighted by atomic mass is 19.1. The Morgan fingerprint density at radius 2 is 2.06 bits per heavy atom. The zero-order valence-electron chi connectivity index (χ0n) is 10.2. The highest BCUT2D eigenvalue weighted by molar-refractivity contribution is 5.39. The summed E-state index contributed by atoms with van der Waals surface area (Å²) < 4.78 is 18.4. The maximum atomic E-state index is 13.3. The van der Waals surface area contributed by atoms with Crippen LogP contribution in [0.1, 0.15) is 23.1 Å². The predicted molar refractivity (Wildman–Crippen MR) is 66.0 cm³/mol. The van der Waals surface area contributed by atoms with Crippen LogP contribution in [0.5, 0.6) is 5.75 Å². The molecule has 0 bridgehead atoms. The van der Waals surface area contributed by atoms with Crippen LogP contribution in [0.2, 0.25) is 0 Å². The molecule has 4 heteroatoms. The largest absolute Gasteiger partial charge is 0.496 e. The molecule has 2 rings (SSSR count). The number of nitrogens with zero attached hydrogens (tertiary/aromatic N) is 1. The number of benzene rings is 1. The standard InChI is InChI=1S/C14H14FNO2/c1-9-4-3-5-12(16-9)14(17)11-8-10(15)6-7-13(11)18-2/h3-8,14,17H,1-2H3. The van der Waals surface area contributed by atoms with E-state index in [2.05, 4.69) is 4.98 Å². The van der Waals surface area contributed by atoms with Gasteiger partial charge >= 0.3 is 0 Å². The molecule has 3 nitrogen and oxygen atoms in total. The van der Waals surface area contributed by atoms with E-state index in [0.29, 0.717) is 17.0 Å². The van der Waals surface area contributed by atoms with Gasteiger partial charge in [-0.05, 0) is 37.3 Å². The number of aromatic nitrogens is 1. The van der Waals surface area contributed by atoms with Crippen LogP contribution in [0.25, 0.3) is 0 Å². The average Bonchev–Trinajstić information content (AvgIpc) is 2.38. The summed E-state index contributed by atoms with van der Waals surface area (Å²) in [4.78, 5) is 4.23. The number of aliphatic hydroxyl groups excluding tert-OH is 1. The van der Waals surface area contributed by atoms with Gasteiger partial charge < -0.3 is 9.84 Å². The molecular formula is C14H14FNO2. The van der Waals surface area contributed by atoms with Crippen LogP contribution < -0.4 is 4.74 Å². The van der Waals surface area contributed by atoms with Gasteiger partial charge in [-0.15, -0.1) is 0 Å². The van der Waals surface area contributed by atoms with E-state index in [1.165, 1.54) is 25.3 Å². The molecule has 0 spiro atoms. The number of ether oxygens (including phenoxy) is 1. The van der Waals surface area contributed by atoms with E-state index in [4.69, 9.17) is 4.74 Å². The molecular weight excluding hydrogens is 233 g/mol. The number of hydrogen-bond donors (Lipinski definition) is 1. The van der Waals surface area contributed by atoms with E-state index in [1.807, 2.05) is 13.0 Å². The molecule has 0 aliphatic carbocycles. The van der Waals surface area contributed by atoms with E-state index in [-0.39, 0.29) is 0 Å². The normalized spacial score (nSPS) is 12.2. The molecule has 0 aliphatic rings. The molecule has 1 atom stereocenters. The number of pyridine rings is 1. The first-order valence-electron chi connectivity index (χ1n) is 5.57. The van der Waals surface area contributed by atoms with Gasteiger partial charge in [0.15, 0.2) is 0 Å². The number of methoxy groups -OCH3 is 1. The zero-order valence-corrected chi connectivity index (χ0v) is 10.2. The van der Waals surface area contributed by atoms with E-state index >= 15 is 0 Å². The molecule has 0 fully saturated rings. The summed E-state index contributed by atoms with van der Waals surface area (Å²) >= 11 is 0. The third kappa shape index (κ3) is 2.49. The van der Waals surface area contributed by atoms with Gasteiger partial charge in [-0.1, -0.05) is 6.07 Å². The van der Waals surface area contributed by atoms with Crippen molar-refractivity contribution in [3.63, 3.8) is 0 Å². The Kier molecular flexibility index (Phi) is 3.58. The van der Waals surface area contributed by atoms with Crippen molar-refractivity contribution in [2.24, 2.45) is 0 Å². The number of hydrogen-bond acceptors (Lipinski definition) is 3. The van der Waals surface area contributed by atoms with Gasteiger partial charge in [0, 0.05) is 11.3 Å². The van der Waals surface area contributed by atoms with Crippen molar-refractivity contribution < 1.29 is 14.2 Å². The van der Waals surface area contributed by atoms with Crippen LogP contribution in [-0.4, -0.2) is 17.2 Å². The van der Waals surface area contributed by atoms with Crippen LogP contribution in [0, 0.1) is 12.7 Å². The lowest BCUT2D eigenvalue weighted by Crippen LogP contribution is -2.05. The Morgan fingerprint density at radius 1 is 1.28 bits per heavy atom. The SMILES string of the molecule is COc1ccc(F)cc1C(O)c1cccc(C)n1. The summed E-state index contributed by atoms with van der Waals surface area (Å²) in [5, 5.41) is 10.2. The van der Waals surface area contributed by atoms with Crippen molar-refractivity contribution >= 4 is 0 Å². The lowest BCUT2D eigenvalue weighted by molar-refractivity contribution is 0.209. The van der Waals surface area contributed by atoms with Crippen LogP contribution in [0.3, 0.4) is 0 Å². The van der Waals surface area contributed by atoms with Gasteiger partial charge in [-0.3, -0.25) is 4.98 Å². The number of aryl methyl sites for hydroxylation is 1. The van der Waals surface area contributed by atoms with E-state index < -0.39 is 11.9 Å². The Labute approximate surface area is 105 Å². The summed E-state index contributed by atoms with van der Waals surface area (Å²) in [5.41, 5.74) is 1.64. The highest BCUT2D eigenvalue weighted by Gasteiger charge is 2.17. The molecule has 18 heavy (non-hydrogen) atoms. The van der Waals surface area contributed by atoms with Gasteiger partial charge in [-0.25, -0.2) is 4.39 Å². The maximum Gasteiger partial charge on any atom is 0.125 e. The number of aliphatic hydroxyl groups is 1. The lowest BCUT2D eigenvalue weighted by atomic mass is 10.0. The minimum Gasteiger partial charge on any atom is -0.496 e. The van der Waals surface area contributed by atoms with Crippen molar-refractivity contribution in [1.82, 2.24) is 4.98 Å². The fraction of sp³-hybridized carbons (Fsp3) is 0.214. The molecule has 1 heterocycles. The first-order valence-corrected chi connectivity index (χ1v) is 5.57. The summed E-state index contributed by atoms with van der Waals surface area (Å²) in [7, 11) is 1.48. The first kappa shape index (κ1) is 12.5. The molecule has 1 unspecified atom stereocenters. The monoisotopic (exact) mass is 247 g/mol. The Balaban J connectivity index is 2.44. The summed E-state index contributed by atoms with van der Waals surface area (Å²) in [6, 6.07) is 9.36. The first-order chi connectivity index (χ1) is 8.61. The highest BCUT2D eigenvalue weighted by Crippen LogP contribution is 2.29. The van der Waals surface area contributed by atoms with Crippen molar-refractivity contribution in [3.8, 4) is 5.75 Å². The molecule has 1 aromatic heterocycles. The fourth-order valence-electron chi connectivity index (χ4n) is 1.79. The second kappa shape index (κ2) is 5.14. The average molecular weight is 247 g/mol. The molecule has 1 aromatic carbocycles. The minimum atomic E-state index is -1.00. The van der Waals surface area contributed by atoms with Gasteiger partial charge in [0.25, 0.3) is 0 Å². The van der Waals surface area contributed by atoms with E-state index in [0.717, 1.165) is 5.69 Å². The summed E-state index contributed by atoms with van der Waals surface area (Å²) in [5.74, 6) is 0.0182. The zero-order chi connectivity index (χ0) is 13.1. The van der Waals surface area contributed by atoms with Gasteiger partial charge in [0.05, 0.1) is 12.8 Å². The van der Waals surface area contributed by atoms with Crippen molar-refractivity contribution in [1.29, 1.82) is 0 Å². The predicted octanol–water partition coefficient (Wildman–Crippen LogP) is 2.62. The maximum absolute atomic E-state index is 13.3. The second-order valence-corrected chi connectivity index (χ2v) is 3.99.